The molecule has 0 aromatic heterocycles. The van der Waals surface area contributed by atoms with Crippen LogP contribution in [0.1, 0.15) is 32.6 Å². The van der Waals surface area contributed by atoms with Gasteiger partial charge in [0.1, 0.15) is 5.75 Å². The van der Waals surface area contributed by atoms with Crippen LogP contribution in [0, 0.1) is 17.8 Å². The van der Waals surface area contributed by atoms with Crippen LogP contribution >= 0.6 is 0 Å². The summed E-state index contributed by atoms with van der Waals surface area (Å²) in [6, 6.07) is 9.43. The second-order valence-electron chi connectivity index (χ2n) is 5.97. The molecule has 1 N–H and O–H groups in total. The lowest BCUT2D eigenvalue weighted by atomic mass is 9.84. The van der Waals surface area contributed by atoms with Gasteiger partial charge in [-0.3, -0.25) is 0 Å². The minimum Gasteiger partial charge on any atom is -0.410 e. The first-order valence-electron chi connectivity index (χ1n) is 7.26. The molecule has 0 heterocycles. The number of carbonyl (C=O) groups is 1. The molecule has 2 aliphatic carbocycles. The number of amides is 1. The number of hydrogen-bond acceptors (Lipinski definition) is 2. The molecule has 0 radical (unpaired) electrons. The highest BCUT2D eigenvalue weighted by Crippen LogP contribution is 2.49. The minimum absolute atomic E-state index is 0.214. The van der Waals surface area contributed by atoms with E-state index in [1.807, 2.05) is 18.2 Å². The highest BCUT2D eigenvalue weighted by Gasteiger charge is 2.42. The molecule has 3 nitrogen and oxygen atoms in total. The molecular weight excluding hydrogens is 238 g/mol. The predicted molar refractivity (Wildman–Crippen MR) is 74.0 cm³/mol. The predicted octanol–water partition coefficient (Wildman–Crippen LogP) is 3.60. The van der Waals surface area contributed by atoms with E-state index in [9.17, 15) is 4.79 Å². The number of fused-ring (bicyclic) bond motifs is 2. The Morgan fingerprint density at radius 3 is 2.68 bits per heavy atom. The fraction of sp³-hybridized carbons (Fsp3) is 0.562. The summed E-state index contributed by atoms with van der Waals surface area (Å²) in [5.41, 5.74) is 0. The summed E-state index contributed by atoms with van der Waals surface area (Å²) in [7, 11) is 0. The van der Waals surface area contributed by atoms with Crippen molar-refractivity contribution < 1.29 is 9.53 Å². The number of carbonyl (C=O) groups excluding carboxylic acids is 1. The highest BCUT2D eigenvalue weighted by molar-refractivity contribution is 5.70. The minimum atomic E-state index is -0.332. The SMILES string of the molecule is C[C@H](NC(=O)Oc1ccccc1)[C@@H]1C[C@@H]2CC[C@@H]1C2. The van der Waals surface area contributed by atoms with Crippen LogP contribution in [-0.4, -0.2) is 12.1 Å². The van der Waals surface area contributed by atoms with E-state index in [4.69, 9.17) is 4.74 Å². The van der Waals surface area contributed by atoms with Crippen LogP contribution in [0.25, 0.3) is 0 Å². The van der Waals surface area contributed by atoms with Crippen molar-refractivity contribution in [1.82, 2.24) is 5.32 Å². The van der Waals surface area contributed by atoms with Gasteiger partial charge in [0.25, 0.3) is 0 Å². The molecule has 2 aliphatic rings. The molecule has 0 saturated heterocycles. The van der Waals surface area contributed by atoms with Crippen molar-refractivity contribution in [3.63, 3.8) is 0 Å². The lowest BCUT2D eigenvalue weighted by Gasteiger charge is -2.28. The highest BCUT2D eigenvalue weighted by atomic mass is 16.6. The molecule has 2 bridgehead atoms. The van der Waals surface area contributed by atoms with Gasteiger partial charge in [-0.15, -0.1) is 0 Å². The summed E-state index contributed by atoms with van der Waals surface area (Å²) in [5, 5.41) is 2.99. The van der Waals surface area contributed by atoms with Crippen molar-refractivity contribution in [1.29, 1.82) is 0 Å². The van der Waals surface area contributed by atoms with E-state index in [0.29, 0.717) is 11.7 Å². The lowest BCUT2D eigenvalue weighted by molar-refractivity contribution is 0.184. The normalized spacial score (nSPS) is 30.1. The van der Waals surface area contributed by atoms with Gasteiger partial charge in [0.2, 0.25) is 0 Å². The number of ether oxygens (including phenoxy) is 1. The Balaban J connectivity index is 1.52. The standard InChI is InChI=1S/C16H21NO2/c1-11(15-10-12-7-8-13(15)9-12)17-16(18)19-14-5-3-2-4-6-14/h2-6,11-13,15H,7-10H2,1H3,(H,17,18)/t11-,12+,13+,15-/m0/s1. The van der Waals surface area contributed by atoms with Crippen LogP contribution in [-0.2, 0) is 0 Å². The molecule has 1 aromatic rings. The van der Waals surface area contributed by atoms with E-state index in [0.717, 1.165) is 11.8 Å². The van der Waals surface area contributed by atoms with Crippen molar-refractivity contribution in [2.75, 3.05) is 0 Å². The first-order valence-corrected chi connectivity index (χ1v) is 7.26. The molecule has 4 atom stereocenters. The van der Waals surface area contributed by atoms with Gasteiger partial charge in [-0.2, -0.15) is 0 Å². The van der Waals surface area contributed by atoms with Crippen LogP contribution < -0.4 is 10.1 Å². The van der Waals surface area contributed by atoms with E-state index in [1.165, 1.54) is 25.7 Å². The maximum absolute atomic E-state index is 11.9. The van der Waals surface area contributed by atoms with E-state index < -0.39 is 0 Å². The van der Waals surface area contributed by atoms with E-state index >= 15 is 0 Å². The van der Waals surface area contributed by atoms with E-state index in [2.05, 4.69) is 12.2 Å². The molecule has 1 aromatic carbocycles. The zero-order valence-corrected chi connectivity index (χ0v) is 11.3. The van der Waals surface area contributed by atoms with Gasteiger partial charge in [0.15, 0.2) is 0 Å². The maximum atomic E-state index is 11.9. The molecular formula is C16H21NO2. The quantitative estimate of drug-likeness (QED) is 0.900. The Kier molecular flexibility index (Phi) is 3.45. The number of nitrogens with one attached hydrogen (secondary N) is 1. The Hall–Kier alpha value is -1.51. The van der Waals surface area contributed by atoms with Crippen molar-refractivity contribution in [2.24, 2.45) is 17.8 Å². The molecule has 102 valence electrons. The average Bonchev–Trinajstić information content (AvgIpc) is 3.02. The Morgan fingerprint density at radius 2 is 2.05 bits per heavy atom. The summed E-state index contributed by atoms with van der Waals surface area (Å²) < 4.78 is 5.27. The smallest absolute Gasteiger partial charge is 0.410 e. The summed E-state index contributed by atoms with van der Waals surface area (Å²) >= 11 is 0. The number of hydrogen-bond donors (Lipinski definition) is 1. The Labute approximate surface area is 114 Å². The zero-order chi connectivity index (χ0) is 13.2. The van der Waals surface area contributed by atoms with Gasteiger partial charge in [0, 0.05) is 6.04 Å². The lowest BCUT2D eigenvalue weighted by Crippen LogP contribution is -2.41. The van der Waals surface area contributed by atoms with E-state index in [-0.39, 0.29) is 12.1 Å². The first-order chi connectivity index (χ1) is 9.22. The second kappa shape index (κ2) is 5.24. The van der Waals surface area contributed by atoms with Gasteiger partial charge in [-0.1, -0.05) is 24.6 Å². The Morgan fingerprint density at radius 1 is 1.26 bits per heavy atom. The first kappa shape index (κ1) is 12.5. The summed E-state index contributed by atoms with van der Waals surface area (Å²) in [4.78, 5) is 11.9. The fourth-order valence-corrected chi connectivity index (χ4v) is 3.82. The largest absolute Gasteiger partial charge is 0.412 e. The summed E-state index contributed by atoms with van der Waals surface area (Å²) in [5.74, 6) is 2.96. The van der Waals surface area contributed by atoms with Gasteiger partial charge in [-0.05, 0) is 56.1 Å². The van der Waals surface area contributed by atoms with E-state index in [1.54, 1.807) is 12.1 Å². The molecule has 0 unspecified atom stereocenters. The van der Waals surface area contributed by atoms with Crippen LogP contribution in [0.15, 0.2) is 30.3 Å². The third kappa shape index (κ3) is 2.75. The number of rotatable bonds is 3. The van der Waals surface area contributed by atoms with Gasteiger partial charge < -0.3 is 10.1 Å². The third-order valence-corrected chi connectivity index (χ3v) is 4.73. The molecule has 1 amide bonds. The molecule has 0 aliphatic heterocycles. The summed E-state index contributed by atoms with van der Waals surface area (Å²) in [6.45, 7) is 2.11. The molecule has 19 heavy (non-hydrogen) atoms. The van der Waals surface area contributed by atoms with Crippen LogP contribution in [0.3, 0.4) is 0 Å². The summed E-state index contributed by atoms with van der Waals surface area (Å²) in [6.07, 6.45) is 5.04. The zero-order valence-electron chi connectivity index (χ0n) is 11.3. The molecule has 3 heteroatoms. The van der Waals surface area contributed by atoms with Crippen LogP contribution in [0.5, 0.6) is 5.75 Å². The monoisotopic (exact) mass is 259 g/mol. The van der Waals surface area contributed by atoms with Gasteiger partial charge in [0.05, 0.1) is 0 Å². The van der Waals surface area contributed by atoms with Crippen molar-refractivity contribution in [2.45, 2.75) is 38.6 Å². The second-order valence-corrected chi connectivity index (χ2v) is 5.97. The Bertz CT molecular complexity index is 445. The number of para-hydroxylation sites is 1. The van der Waals surface area contributed by atoms with Gasteiger partial charge >= 0.3 is 6.09 Å². The van der Waals surface area contributed by atoms with Crippen LogP contribution in [0.2, 0.25) is 0 Å². The van der Waals surface area contributed by atoms with Crippen LogP contribution in [0.4, 0.5) is 4.79 Å². The van der Waals surface area contributed by atoms with Crippen molar-refractivity contribution >= 4 is 6.09 Å². The van der Waals surface area contributed by atoms with Crippen molar-refractivity contribution in [3.05, 3.63) is 30.3 Å². The van der Waals surface area contributed by atoms with Crippen molar-refractivity contribution in [3.8, 4) is 5.75 Å². The molecule has 2 saturated carbocycles. The fourth-order valence-electron chi connectivity index (χ4n) is 3.82. The maximum Gasteiger partial charge on any atom is 0.412 e. The molecule has 2 fully saturated rings. The molecule has 3 rings (SSSR count). The average molecular weight is 259 g/mol. The topological polar surface area (TPSA) is 38.3 Å². The molecule has 0 spiro atoms. The number of benzene rings is 1. The van der Waals surface area contributed by atoms with Gasteiger partial charge in [-0.25, -0.2) is 4.79 Å². The third-order valence-electron chi connectivity index (χ3n) is 4.73.